The van der Waals surface area contributed by atoms with E-state index in [1.54, 1.807) is 6.07 Å². The fraction of sp³-hybridized carbons (Fsp3) is 0.182. The van der Waals surface area contributed by atoms with Crippen molar-refractivity contribution in [2.75, 3.05) is 4.72 Å². The molecule has 2 N–H and O–H groups in total. The molecule has 1 aromatic heterocycles. The first-order valence-electron chi connectivity index (χ1n) is 5.44. The van der Waals surface area contributed by atoms with Crippen molar-refractivity contribution in [1.29, 1.82) is 0 Å². The van der Waals surface area contributed by atoms with E-state index in [2.05, 4.69) is 14.9 Å². The zero-order valence-electron chi connectivity index (χ0n) is 9.94. The van der Waals surface area contributed by atoms with E-state index in [-0.39, 0.29) is 15.7 Å². The molecular weight excluding hydrogens is 293 g/mol. The van der Waals surface area contributed by atoms with Crippen molar-refractivity contribution in [3.05, 3.63) is 40.8 Å². The molecule has 1 heterocycles. The molecule has 0 radical (unpaired) electrons. The van der Waals surface area contributed by atoms with Gasteiger partial charge in [-0.25, -0.2) is 12.8 Å². The molecule has 0 atom stereocenters. The lowest BCUT2D eigenvalue weighted by atomic mass is 10.3. The number of aromatic amines is 1. The van der Waals surface area contributed by atoms with Gasteiger partial charge in [-0.1, -0.05) is 18.5 Å². The van der Waals surface area contributed by atoms with Gasteiger partial charge in [-0.05, 0) is 24.6 Å². The van der Waals surface area contributed by atoms with Gasteiger partial charge in [0, 0.05) is 11.8 Å². The molecule has 0 bridgehead atoms. The molecule has 0 aliphatic carbocycles. The molecule has 0 spiro atoms. The van der Waals surface area contributed by atoms with Crippen LogP contribution >= 0.6 is 11.6 Å². The normalized spacial score (nSPS) is 11.5. The standard InChI is InChI=1S/C11H11ClFN3O2S/c1-2-8-6-11(15-14-8)16-19(17,18)10-4-3-7(13)5-9(10)12/h3-6H,2H2,1H3,(H2,14,15,16). The van der Waals surface area contributed by atoms with Gasteiger partial charge < -0.3 is 0 Å². The van der Waals surface area contributed by atoms with Crippen molar-refractivity contribution >= 4 is 27.4 Å². The third-order valence-electron chi connectivity index (χ3n) is 2.43. The molecule has 5 nitrogen and oxygen atoms in total. The number of nitrogens with one attached hydrogen (secondary N) is 2. The van der Waals surface area contributed by atoms with Gasteiger partial charge in [0.05, 0.1) is 5.02 Å². The minimum Gasteiger partial charge on any atom is -0.280 e. The number of anilines is 1. The van der Waals surface area contributed by atoms with Gasteiger partial charge in [0.25, 0.3) is 10.0 Å². The van der Waals surface area contributed by atoms with Gasteiger partial charge in [0.15, 0.2) is 5.82 Å². The Morgan fingerprint density at radius 2 is 2.16 bits per heavy atom. The Morgan fingerprint density at radius 3 is 2.74 bits per heavy atom. The molecule has 2 aromatic rings. The summed E-state index contributed by atoms with van der Waals surface area (Å²) in [4.78, 5) is -0.198. The van der Waals surface area contributed by atoms with Crippen LogP contribution in [0.15, 0.2) is 29.2 Å². The van der Waals surface area contributed by atoms with Crippen LogP contribution < -0.4 is 4.72 Å². The summed E-state index contributed by atoms with van der Waals surface area (Å²) in [6.07, 6.45) is 0.700. The maximum absolute atomic E-state index is 12.9. The highest BCUT2D eigenvalue weighted by Crippen LogP contribution is 2.24. The smallest absolute Gasteiger partial charge is 0.264 e. The Labute approximate surface area is 114 Å². The number of rotatable bonds is 4. The molecule has 0 unspecified atom stereocenters. The predicted molar refractivity (Wildman–Crippen MR) is 70.2 cm³/mol. The molecule has 8 heteroatoms. The average Bonchev–Trinajstić information content (AvgIpc) is 2.75. The monoisotopic (exact) mass is 303 g/mol. The van der Waals surface area contributed by atoms with Crippen molar-refractivity contribution in [2.45, 2.75) is 18.2 Å². The maximum atomic E-state index is 12.9. The summed E-state index contributed by atoms with van der Waals surface area (Å²) in [6, 6.07) is 4.66. The summed E-state index contributed by atoms with van der Waals surface area (Å²) in [5, 5.41) is 6.31. The summed E-state index contributed by atoms with van der Waals surface area (Å²) in [5.41, 5.74) is 0.794. The molecule has 19 heavy (non-hydrogen) atoms. The minimum atomic E-state index is -3.89. The van der Waals surface area contributed by atoms with Crippen LogP contribution in [0.1, 0.15) is 12.6 Å². The number of halogens is 2. The number of sulfonamides is 1. The Hall–Kier alpha value is -1.60. The third-order valence-corrected chi connectivity index (χ3v) is 4.27. The Morgan fingerprint density at radius 1 is 1.42 bits per heavy atom. The van der Waals surface area contributed by atoms with Crippen LogP contribution in [0.5, 0.6) is 0 Å². The quantitative estimate of drug-likeness (QED) is 0.911. The predicted octanol–water partition coefficient (Wildman–Crippen LogP) is 2.57. The van der Waals surface area contributed by atoms with Crippen LogP contribution in [0.4, 0.5) is 10.2 Å². The number of hydrogen-bond acceptors (Lipinski definition) is 3. The molecule has 0 amide bonds. The zero-order chi connectivity index (χ0) is 14.0. The average molecular weight is 304 g/mol. The fourth-order valence-electron chi connectivity index (χ4n) is 1.48. The van der Waals surface area contributed by atoms with E-state index in [9.17, 15) is 12.8 Å². The first-order chi connectivity index (χ1) is 8.92. The van der Waals surface area contributed by atoms with Crippen LogP contribution in [-0.4, -0.2) is 18.6 Å². The van der Waals surface area contributed by atoms with Crippen LogP contribution in [0, 0.1) is 5.82 Å². The minimum absolute atomic E-state index is 0.164. The van der Waals surface area contributed by atoms with Crippen molar-refractivity contribution in [2.24, 2.45) is 0 Å². The second-order valence-corrected chi connectivity index (χ2v) is 5.87. The number of hydrogen-bond donors (Lipinski definition) is 2. The molecule has 1 aromatic carbocycles. The molecule has 0 aliphatic rings. The van der Waals surface area contributed by atoms with Gasteiger partial charge in [0.2, 0.25) is 0 Å². The zero-order valence-corrected chi connectivity index (χ0v) is 11.5. The third kappa shape index (κ3) is 3.05. The van der Waals surface area contributed by atoms with Crippen LogP contribution in [-0.2, 0) is 16.4 Å². The van der Waals surface area contributed by atoms with Gasteiger partial charge in [-0.15, -0.1) is 0 Å². The lowest BCUT2D eigenvalue weighted by molar-refractivity contribution is 0.599. The summed E-state index contributed by atoms with van der Waals surface area (Å²) in [6.45, 7) is 1.91. The van der Waals surface area contributed by atoms with E-state index in [1.165, 1.54) is 0 Å². The van der Waals surface area contributed by atoms with Crippen molar-refractivity contribution < 1.29 is 12.8 Å². The number of H-pyrrole nitrogens is 1. The van der Waals surface area contributed by atoms with E-state index >= 15 is 0 Å². The fourth-order valence-corrected chi connectivity index (χ4v) is 3.01. The SMILES string of the molecule is CCc1cc(NS(=O)(=O)c2ccc(F)cc2Cl)n[nH]1. The highest BCUT2D eigenvalue weighted by Gasteiger charge is 2.19. The van der Waals surface area contributed by atoms with E-state index in [1.807, 2.05) is 6.92 Å². The van der Waals surface area contributed by atoms with Crippen molar-refractivity contribution in [3.63, 3.8) is 0 Å². The molecule has 0 fully saturated rings. The molecular formula is C11H11ClFN3O2S. The second-order valence-electron chi connectivity index (χ2n) is 3.81. The van der Waals surface area contributed by atoms with E-state index in [0.717, 1.165) is 23.9 Å². The summed E-state index contributed by atoms with van der Waals surface area (Å²) >= 11 is 5.73. The number of aryl methyl sites for hydroxylation is 1. The second kappa shape index (κ2) is 5.18. The summed E-state index contributed by atoms with van der Waals surface area (Å²) < 4.78 is 39.3. The number of aromatic nitrogens is 2. The van der Waals surface area contributed by atoms with Crippen molar-refractivity contribution in [1.82, 2.24) is 10.2 Å². The topological polar surface area (TPSA) is 74.8 Å². The molecule has 0 saturated heterocycles. The van der Waals surface area contributed by atoms with Gasteiger partial charge in [-0.2, -0.15) is 5.10 Å². The van der Waals surface area contributed by atoms with Gasteiger partial charge in [-0.3, -0.25) is 9.82 Å². The summed E-state index contributed by atoms with van der Waals surface area (Å²) in [5.74, 6) is -0.436. The number of benzene rings is 1. The van der Waals surface area contributed by atoms with E-state index in [0.29, 0.717) is 6.42 Å². The highest BCUT2D eigenvalue weighted by atomic mass is 35.5. The van der Waals surface area contributed by atoms with Crippen LogP contribution in [0.25, 0.3) is 0 Å². The largest absolute Gasteiger partial charge is 0.280 e. The van der Waals surface area contributed by atoms with E-state index < -0.39 is 15.8 Å². The van der Waals surface area contributed by atoms with Gasteiger partial charge >= 0.3 is 0 Å². The van der Waals surface area contributed by atoms with Crippen LogP contribution in [0.3, 0.4) is 0 Å². The molecule has 2 rings (SSSR count). The highest BCUT2D eigenvalue weighted by molar-refractivity contribution is 7.92. The number of nitrogens with zero attached hydrogens (tertiary/aromatic N) is 1. The van der Waals surface area contributed by atoms with Crippen molar-refractivity contribution in [3.8, 4) is 0 Å². The Balaban J connectivity index is 2.32. The van der Waals surface area contributed by atoms with Crippen LogP contribution in [0.2, 0.25) is 5.02 Å². The molecule has 0 aliphatic heterocycles. The molecule has 102 valence electrons. The first-order valence-corrected chi connectivity index (χ1v) is 7.30. The molecule has 0 saturated carbocycles. The lowest BCUT2D eigenvalue weighted by Gasteiger charge is -2.06. The summed E-state index contributed by atoms with van der Waals surface area (Å²) in [7, 11) is -3.89. The van der Waals surface area contributed by atoms with Gasteiger partial charge in [0.1, 0.15) is 10.7 Å². The maximum Gasteiger partial charge on any atom is 0.264 e. The lowest BCUT2D eigenvalue weighted by Crippen LogP contribution is -2.13. The Kier molecular flexibility index (Phi) is 3.77. The first kappa shape index (κ1) is 13.8. The Bertz CT molecular complexity index is 700. The van der Waals surface area contributed by atoms with E-state index in [4.69, 9.17) is 11.6 Å².